The first-order valence-corrected chi connectivity index (χ1v) is 8.54. The quantitative estimate of drug-likeness (QED) is 0.826. The highest BCUT2D eigenvalue weighted by molar-refractivity contribution is 5.78. The van der Waals surface area contributed by atoms with Gasteiger partial charge in [0.15, 0.2) is 0 Å². The molecule has 6 heteroatoms. The molecule has 1 aliphatic heterocycles. The molecule has 1 aliphatic rings. The van der Waals surface area contributed by atoms with Crippen molar-refractivity contribution in [3.05, 3.63) is 59.9 Å². The van der Waals surface area contributed by atoms with Crippen molar-refractivity contribution >= 4 is 11.6 Å². The number of carbonyl (C=O) groups excluding carboxylic acids is 1. The molecule has 2 heterocycles. The van der Waals surface area contributed by atoms with Crippen molar-refractivity contribution in [2.45, 2.75) is 19.1 Å². The number of pyridine rings is 1. The van der Waals surface area contributed by atoms with E-state index in [2.05, 4.69) is 39.5 Å². The summed E-state index contributed by atoms with van der Waals surface area (Å²) in [6.45, 7) is 3.83. The third-order valence-electron chi connectivity index (χ3n) is 4.19. The van der Waals surface area contributed by atoms with E-state index in [0.29, 0.717) is 24.5 Å². The van der Waals surface area contributed by atoms with Gasteiger partial charge in [-0.05, 0) is 17.7 Å². The third kappa shape index (κ3) is 5.55. The number of anilines is 1. The Kier molecular flexibility index (Phi) is 5.98. The molecule has 1 aromatic carbocycles. The van der Waals surface area contributed by atoms with Crippen LogP contribution in [-0.2, 0) is 22.5 Å². The first-order chi connectivity index (χ1) is 12.2. The number of rotatable bonds is 6. The van der Waals surface area contributed by atoms with Gasteiger partial charge < -0.3 is 15.8 Å². The lowest BCUT2D eigenvalue weighted by Crippen LogP contribution is -2.47. The van der Waals surface area contributed by atoms with E-state index >= 15 is 0 Å². The Hall–Kier alpha value is -2.44. The van der Waals surface area contributed by atoms with Gasteiger partial charge in [-0.25, -0.2) is 0 Å². The number of hydrogen-bond donors (Lipinski definition) is 2. The molecule has 1 atom stereocenters. The van der Waals surface area contributed by atoms with Gasteiger partial charge in [0.2, 0.25) is 5.91 Å². The maximum Gasteiger partial charge on any atom is 0.226 e. The molecule has 1 fully saturated rings. The van der Waals surface area contributed by atoms with Crippen molar-refractivity contribution < 1.29 is 9.53 Å². The molecule has 0 saturated carbocycles. The molecule has 1 saturated heterocycles. The van der Waals surface area contributed by atoms with Gasteiger partial charge in [-0.3, -0.25) is 14.7 Å². The Morgan fingerprint density at radius 1 is 1.28 bits per heavy atom. The highest BCUT2D eigenvalue weighted by Crippen LogP contribution is 2.10. The van der Waals surface area contributed by atoms with E-state index in [1.807, 2.05) is 6.07 Å². The van der Waals surface area contributed by atoms with Crippen molar-refractivity contribution in [2.75, 3.05) is 32.0 Å². The van der Waals surface area contributed by atoms with E-state index < -0.39 is 0 Å². The van der Waals surface area contributed by atoms with Crippen molar-refractivity contribution in [3.8, 4) is 0 Å². The van der Waals surface area contributed by atoms with Gasteiger partial charge >= 0.3 is 0 Å². The fourth-order valence-electron chi connectivity index (χ4n) is 2.88. The van der Waals surface area contributed by atoms with E-state index in [1.54, 1.807) is 18.3 Å². The largest absolute Gasteiger partial charge is 0.397 e. The molecule has 3 rings (SSSR count). The van der Waals surface area contributed by atoms with Crippen molar-refractivity contribution in [3.63, 3.8) is 0 Å². The van der Waals surface area contributed by atoms with Crippen LogP contribution in [0.1, 0.15) is 11.3 Å². The van der Waals surface area contributed by atoms with Gasteiger partial charge in [0, 0.05) is 31.9 Å². The number of nitrogens with zero attached hydrogens (tertiary/aromatic N) is 2. The van der Waals surface area contributed by atoms with Crippen LogP contribution in [0.3, 0.4) is 0 Å². The van der Waals surface area contributed by atoms with E-state index in [1.165, 1.54) is 5.56 Å². The zero-order valence-electron chi connectivity index (χ0n) is 14.2. The van der Waals surface area contributed by atoms with Crippen LogP contribution in [0.5, 0.6) is 0 Å². The zero-order valence-corrected chi connectivity index (χ0v) is 14.2. The number of hydrogen-bond acceptors (Lipinski definition) is 5. The summed E-state index contributed by atoms with van der Waals surface area (Å²) in [7, 11) is 0. The Morgan fingerprint density at radius 3 is 2.88 bits per heavy atom. The van der Waals surface area contributed by atoms with Crippen LogP contribution in [0.4, 0.5) is 5.69 Å². The Bertz CT molecular complexity index is 676. The number of ether oxygens (including phenoxy) is 1. The zero-order chi connectivity index (χ0) is 17.5. The van der Waals surface area contributed by atoms with Crippen LogP contribution >= 0.6 is 0 Å². The van der Waals surface area contributed by atoms with Gasteiger partial charge in [-0.2, -0.15) is 0 Å². The van der Waals surface area contributed by atoms with Crippen molar-refractivity contribution in [1.29, 1.82) is 0 Å². The van der Waals surface area contributed by atoms with Crippen LogP contribution < -0.4 is 11.1 Å². The predicted molar refractivity (Wildman–Crippen MR) is 96.8 cm³/mol. The summed E-state index contributed by atoms with van der Waals surface area (Å²) in [5.41, 5.74) is 8.20. The molecule has 0 spiro atoms. The fraction of sp³-hybridized carbons (Fsp3) is 0.368. The topological polar surface area (TPSA) is 80.5 Å². The number of aromatic nitrogens is 1. The van der Waals surface area contributed by atoms with Crippen LogP contribution in [0.15, 0.2) is 48.7 Å². The molecule has 1 unspecified atom stereocenters. The minimum atomic E-state index is -0.0546. The molecule has 0 aliphatic carbocycles. The first kappa shape index (κ1) is 17.4. The van der Waals surface area contributed by atoms with Crippen LogP contribution in [0.25, 0.3) is 0 Å². The lowest BCUT2D eigenvalue weighted by molar-refractivity contribution is -0.121. The number of nitrogens with two attached hydrogens (primary N) is 1. The third-order valence-corrected chi connectivity index (χ3v) is 4.19. The Balaban J connectivity index is 1.43. The fourth-order valence-corrected chi connectivity index (χ4v) is 2.88. The molecule has 0 radical (unpaired) electrons. The molecule has 1 amide bonds. The number of nitrogens with one attached hydrogen (secondary N) is 1. The summed E-state index contributed by atoms with van der Waals surface area (Å²) in [6.07, 6.45) is 1.83. The predicted octanol–water partition coefficient (Wildman–Crippen LogP) is 1.22. The number of morpholine rings is 1. The lowest BCUT2D eigenvalue weighted by atomic mass is 10.2. The van der Waals surface area contributed by atoms with Gasteiger partial charge in [0.25, 0.3) is 0 Å². The molecule has 2 aromatic rings. The summed E-state index contributed by atoms with van der Waals surface area (Å²) in [6, 6.07) is 13.9. The second-order valence-electron chi connectivity index (χ2n) is 6.28. The van der Waals surface area contributed by atoms with Gasteiger partial charge in [0.1, 0.15) is 0 Å². The Morgan fingerprint density at radius 2 is 2.12 bits per heavy atom. The van der Waals surface area contributed by atoms with Crippen molar-refractivity contribution in [1.82, 2.24) is 15.2 Å². The second kappa shape index (κ2) is 8.60. The minimum absolute atomic E-state index is 0.0146. The van der Waals surface area contributed by atoms with E-state index in [0.717, 1.165) is 19.6 Å². The van der Waals surface area contributed by atoms with Gasteiger partial charge in [-0.1, -0.05) is 30.3 Å². The first-order valence-electron chi connectivity index (χ1n) is 8.54. The molecular weight excluding hydrogens is 316 g/mol. The highest BCUT2D eigenvalue weighted by atomic mass is 16.5. The Labute approximate surface area is 148 Å². The summed E-state index contributed by atoms with van der Waals surface area (Å²) >= 11 is 0. The van der Waals surface area contributed by atoms with E-state index in [4.69, 9.17) is 10.5 Å². The number of benzene rings is 1. The smallest absolute Gasteiger partial charge is 0.226 e. The summed E-state index contributed by atoms with van der Waals surface area (Å²) in [5, 5.41) is 2.94. The maximum absolute atomic E-state index is 12.1. The monoisotopic (exact) mass is 340 g/mol. The molecule has 3 N–H and O–H groups in total. The van der Waals surface area contributed by atoms with Crippen LogP contribution in [0.2, 0.25) is 0 Å². The van der Waals surface area contributed by atoms with Crippen molar-refractivity contribution in [2.24, 2.45) is 0 Å². The second-order valence-corrected chi connectivity index (χ2v) is 6.28. The minimum Gasteiger partial charge on any atom is -0.397 e. The molecule has 0 bridgehead atoms. The molecule has 25 heavy (non-hydrogen) atoms. The van der Waals surface area contributed by atoms with E-state index in [9.17, 15) is 4.79 Å². The van der Waals surface area contributed by atoms with Gasteiger partial charge in [0.05, 0.1) is 31.0 Å². The average molecular weight is 340 g/mol. The summed E-state index contributed by atoms with van der Waals surface area (Å²) < 4.78 is 5.77. The molecule has 6 nitrogen and oxygen atoms in total. The van der Waals surface area contributed by atoms with Crippen LogP contribution in [-0.4, -0.2) is 48.1 Å². The molecule has 132 valence electrons. The SMILES string of the molecule is Nc1ccc(CC(=O)NCC2CN(Cc3ccccc3)CCO2)nc1. The molecule has 1 aromatic heterocycles. The van der Waals surface area contributed by atoms with E-state index in [-0.39, 0.29) is 18.4 Å². The normalized spacial score (nSPS) is 18.0. The summed E-state index contributed by atoms with van der Waals surface area (Å²) in [4.78, 5) is 18.6. The number of nitrogen functional groups attached to an aromatic ring is 1. The van der Waals surface area contributed by atoms with Crippen LogP contribution in [0, 0.1) is 0 Å². The highest BCUT2D eigenvalue weighted by Gasteiger charge is 2.21. The number of amides is 1. The lowest BCUT2D eigenvalue weighted by Gasteiger charge is -2.33. The standard InChI is InChI=1S/C19H24N4O2/c20-16-6-7-17(21-11-16)10-19(24)22-12-18-14-23(8-9-25-18)13-15-4-2-1-3-5-15/h1-7,11,18H,8-10,12-14,20H2,(H,22,24). The maximum atomic E-state index is 12.1. The average Bonchev–Trinajstić information content (AvgIpc) is 2.63. The number of carbonyl (C=O) groups is 1. The summed E-state index contributed by atoms with van der Waals surface area (Å²) in [5.74, 6) is -0.0546. The molecular formula is C19H24N4O2. The van der Waals surface area contributed by atoms with Gasteiger partial charge in [-0.15, -0.1) is 0 Å².